The van der Waals surface area contributed by atoms with Crippen molar-refractivity contribution in [3.63, 3.8) is 0 Å². The summed E-state index contributed by atoms with van der Waals surface area (Å²) in [6, 6.07) is 4.38. The molecule has 1 N–H and O–H groups in total. The number of benzene rings is 1. The van der Waals surface area contributed by atoms with Crippen LogP contribution in [0.25, 0.3) is 0 Å². The number of nitrogens with zero attached hydrogens (tertiary/aromatic N) is 1. The summed E-state index contributed by atoms with van der Waals surface area (Å²) in [5.74, 6) is 1.31. The van der Waals surface area contributed by atoms with Gasteiger partial charge in [0.05, 0.1) is 19.1 Å². The van der Waals surface area contributed by atoms with Crippen molar-refractivity contribution in [1.82, 2.24) is 9.62 Å². The lowest BCUT2D eigenvalue weighted by atomic mass is 9.89. The molecule has 2 rings (SSSR count). The molecular formula is C19H30N2O5S. The molecule has 0 radical (unpaired) electrons. The Morgan fingerprint density at radius 3 is 2.44 bits per heavy atom. The van der Waals surface area contributed by atoms with E-state index in [9.17, 15) is 13.2 Å². The highest BCUT2D eigenvalue weighted by Gasteiger charge is 2.20. The van der Waals surface area contributed by atoms with Crippen LogP contribution in [0, 0.1) is 5.92 Å². The van der Waals surface area contributed by atoms with Gasteiger partial charge in [0.25, 0.3) is 0 Å². The number of nitrogens with one attached hydrogen (secondary N) is 1. The molecule has 152 valence electrons. The maximum absolute atomic E-state index is 12.4. The summed E-state index contributed by atoms with van der Waals surface area (Å²) in [5, 5.41) is 0. The number of methoxy groups -OCH3 is 2. The van der Waals surface area contributed by atoms with Crippen molar-refractivity contribution in [3.05, 3.63) is 18.2 Å². The molecule has 1 fully saturated rings. The third-order valence-corrected chi connectivity index (χ3v) is 6.44. The minimum absolute atomic E-state index is 0.0458. The van der Waals surface area contributed by atoms with Gasteiger partial charge in [-0.3, -0.25) is 4.79 Å². The first-order chi connectivity index (χ1) is 12.9. The van der Waals surface area contributed by atoms with Gasteiger partial charge >= 0.3 is 0 Å². The molecule has 0 saturated heterocycles. The fraction of sp³-hybridized carbons (Fsp3) is 0.632. The van der Waals surface area contributed by atoms with Gasteiger partial charge in [-0.1, -0.05) is 19.3 Å². The van der Waals surface area contributed by atoms with Crippen LogP contribution in [-0.2, 0) is 14.8 Å². The Morgan fingerprint density at radius 2 is 1.81 bits per heavy atom. The summed E-state index contributed by atoms with van der Waals surface area (Å²) in [5.41, 5.74) is 0. The maximum atomic E-state index is 12.4. The average Bonchev–Trinajstić information content (AvgIpc) is 2.67. The van der Waals surface area contributed by atoms with E-state index in [-0.39, 0.29) is 23.8 Å². The minimum Gasteiger partial charge on any atom is -0.493 e. The number of carbonyl (C=O) groups excluding carboxylic acids is 1. The third-order valence-electron chi connectivity index (χ3n) is 4.98. The molecule has 1 aromatic rings. The zero-order chi connectivity index (χ0) is 19.9. The Morgan fingerprint density at radius 1 is 1.15 bits per heavy atom. The monoisotopic (exact) mass is 398 g/mol. The Bertz CT molecular complexity index is 730. The standard InChI is InChI=1S/C19H30N2O5S/c1-21(14-15-7-5-4-6-8-15)19(22)11-12-20-27(23,24)16-9-10-17(25-2)18(13-16)26-3/h9-10,13,15,20H,4-8,11-12,14H2,1-3H3. The zero-order valence-electron chi connectivity index (χ0n) is 16.4. The average molecular weight is 399 g/mol. The van der Waals surface area contributed by atoms with Crippen LogP contribution in [0.3, 0.4) is 0 Å². The van der Waals surface area contributed by atoms with Gasteiger partial charge in [-0.15, -0.1) is 0 Å². The van der Waals surface area contributed by atoms with Gasteiger partial charge < -0.3 is 14.4 Å². The smallest absolute Gasteiger partial charge is 0.240 e. The van der Waals surface area contributed by atoms with E-state index in [1.165, 1.54) is 64.5 Å². The van der Waals surface area contributed by atoms with E-state index in [4.69, 9.17) is 9.47 Å². The fourth-order valence-corrected chi connectivity index (χ4v) is 4.46. The lowest BCUT2D eigenvalue weighted by molar-refractivity contribution is -0.130. The summed E-state index contributed by atoms with van der Waals surface area (Å²) in [4.78, 5) is 14.1. The summed E-state index contributed by atoms with van der Waals surface area (Å²) in [7, 11) is 1.00. The van der Waals surface area contributed by atoms with E-state index in [2.05, 4.69) is 4.72 Å². The first-order valence-electron chi connectivity index (χ1n) is 9.33. The molecule has 1 aliphatic rings. The molecule has 0 bridgehead atoms. The van der Waals surface area contributed by atoms with E-state index >= 15 is 0 Å². The molecule has 8 heteroatoms. The highest BCUT2D eigenvalue weighted by molar-refractivity contribution is 7.89. The van der Waals surface area contributed by atoms with Crippen LogP contribution < -0.4 is 14.2 Å². The van der Waals surface area contributed by atoms with Crippen LogP contribution in [0.15, 0.2) is 23.1 Å². The topological polar surface area (TPSA) is 84.9 Å². The highest BCUT2D eigenvalue weighted by atomic mass is 32.2. The predicted octanol–water partition coefficient (Wildman–Crippen LogP) is 2.41. The number of hydrogen-bond acceptors (Lipinski definition) is 5. The van der Waals surface area contributed by atoms with Crippen molar-refractivity contribution in [2.45, 2.75) is 43.4 Å². The van der Waals surface area contributed by atoms with Crippen molar-refractivity contribution in [2.24, 2.45) is 5.92 Å². The van der Waals surface area contributed by atoms with Gasteiger partial charge in [0.2, 0.25) is 15.9 Å². The summed E-state index contributed by atoms with van der Waals surface area (Å²) < 4.78 is 37.6. The van der Waals surface area contributed by atoms with Crippen molar-refractivity contribution in [1.29, 1.82) is 0 Å². The van der Waals surface area contributed by atoms with Crippen LogP contribution in [0.1, 0.15) is 38.5 Å². The number of carbonyl (C=O) groups is 1. The largest absolute Gasteiger partial charge is 0.493 e. The van der Waals surface area contributed by atoms with Crippen LogP contribution >= 0.6 is 0 Å². The van der Waals surface area contributed by atoms with Crippen LogP contribution in [0.2, 0.25) is 0 Å². The molecule has 27 heavy (non-hydrogen) atoms. The van der Waals surface area contributed by atoms with Crippen molar-refractivity contribution >= 4 is 15.9 Å². The third kappa shape index (κ3) is 6.10. The van der Waals surface area contributed by atoms with Gasteiger partial charge in [0.15, 0.2) is 11.5 Å². The molecule has 0 atom stereocenters. The zero-order valence-corrected chi connectivity index (χ0v) is 17.2. The molecular weight excluding hydrogens is 368 g/mol. The van der Waals surface area contributed by atoms with E-state index in [0.29, 0.717) is 17.4 Å². The number of rotatable bonds is 9. The molecule has 0 spiro atoms. The lowest BCUT2D eigenvalue weighted by Crippen LogP contribution is -2.35. The van der Waals surface area contributed by atoms with E-state index in [0.717, 1.165) is 6.54 Å². The van der Waals surface area contributed by atoms with Crippen LogP contribution in [0.5, 0.6) is 11.5 Å². The van der Waals surface area contributed by atoms with Crippen molar-refractivity contribution in [3.8, 4) is 11.5 Å². The van der Waals surface area contributed by atoms with Gasteiger partial charge in [-0.25, -0.2) is 13.1 Å². The van der Waals surface area contributed by atoms with Gasteiger partial charge in [0.1, 0.15) is 0 Å². The number of sulfonamides is 1. The predicted molar refractivity (Wildman–Crippen MR) is 104 cm³/mol. The molecule has 1 amide bonds. The second-order valence-corrected chi connectivity index (χ2v) is 8.71. The Balaban J connectivity index is 1.86. The van der Waals surface area contributed by atoms with Crippen LogP contribution in [-0.4, -0.2) is 53.6 Å². The number of hydrogen-bond donors (Lipinski definition) is 1. The molecule has 1 aromatic carbocycles. The van der Waals surface area contributed by atoms with Crippen molar-refractivity contribution in [2.75, 3.05) is 34.4 Å². The number of ether oxygens (including phenoxy) is 2. The Labute approximate surface area is 162 Å². The maximum Gasteiger partial charge on any atom is 0.240 e. The Kier molecular flexibility index (Phi) is 7.91. The van der Waals surface area contributed by atoms with E-state index in [1.807, 2.05) is 0 Å². The van der Waals surface area contributed by atoms with Crippen LogP contribution in [0.4, 0.5) is 0 Å². The minimum atomic E-state index is -3.72. The molecule has 0 aliphatic heterocycles. The molecule has 0 heterocycles. The number of amides is 1. The first kappa shape index (κ1) is 21.5. The van der Waals surface area contributed by atoms with Crippen molar-refractivity contribution < 1.29 is 22.7 Å². The molecule has 1 saturated carbocycles. The van der Waals surface area contributed by atoms with Gasteiger partial charge in [-0.05, 0) is 30.9 Å². The summed E-state index contributed by atoms with van der Waals surface area (Å²) in [6.45, 7) is 0.811. The van der Waals surface area contributed by atoms with Gasteiger partial charge in [0, 0.05) is 32.6 Å². The van der Waals surface area contributed by atoms with E-state index in [1.54, 1.807) is 11.9 Å². The molecule has 1 aliphatic carbocycles. The quantitative estimate of drug-likeness (QED) is 0.690. The molecule has 0 unspecified atom stereocenters. The normalized spacial score (nSPS) is 15.4. The molecule has 0 aromatic heterocycles. The SMILES string of the molecule is COc1ccc(S(=O)(=O)NCCC(=O)N(C)CC2CCCCC2)cc1OC. The molecule has 7 nitrogen and oxygen atoms in total. The second kappa shape index (κ2) is 9.94. The van der Waals surface area contributed by atoms with E-state index < -0.39 is 10.0 Å². The summed E-state index contributed by atoms with van der Waals surface area (Å²) in [6.07, 6.45) is 6.23. The first-order valence-corrected chi connectivity index (χ1v) is 10.8. The Hall–Kier alpha value is -1.80. The summed E-state index contributed by atoms with van der Waals surface area (Å²) >= 11 is 0. The van der Waals surface area contributed by atoms with Gasteiger partial charge in [-0.2, -0.15) is 0 Å². The lowest BCUT2D eigenvalue weighted by Gasteiger charge is -2.27. The highest BCUT2D eigenvalue weighted by Crippen LogP contribution is 2.29. The fourth-order valence-electron chi connectivity index (χ4n) is 3.41. The second-order valence-electron chi connectivity index (χ2n) is 6.94.